The monoisotopic (exact) mass is 347 g/mol. The molecule has 0 unspecified atom stereocenters. The van der Waals surface area contributed by atoms with Gasteiger partial charge in [-0.2, -0.15) is 0 Å². The maximum Gasteiger partial charge on any atom is 0.289 e. The first kappa shape index (κ1) is 15.8. The van der Waals surface area contributed by atoms with Gasteiger partial charge in [0.15, 0.2) is 5.76 Å². The summed E-state index contributed by atoms with van der Waals surface area (Å²) in [6.07, 6.45) is 5.29. The summed E-state index contributed by atoms with van der Waals surface area (Å²) in [7, 11) is 0. The van der Waals surface area contributed by atoms with Gasteiger partial charge in [0.1, 0.15) is 5.01 Å². The molecule has 4 heterocycles. The van der Waals surface area contributed by atoms with Gasteiger partial charge in [-0.25, -0.2) is 4.98 Å². The average Bonchev–Trinajstić information content (AvgIpc) is 3.30. The van der Waals surface area contributed by atoms with Crippen molar-refractivity contribution >= 4 is 17.2 Å². The number of morpholine rings is 1. The van der Waals surface area contributed by atoms with Crippen molar-refractivity contribution in [3.8, 4) is 0 Å². The first-order chi connectivity index (χ1) is 11.7. The van der Waals surface area contributed by atoms with Crippen LogP contribution in [0.5, 0.6) is 0 Å². The number of nitrogens with zero attached hydrogens (tertiary/aromatic N) is 3. The third-order valence-corrected chi connectivity index (χ3v) is 5.64. The van der Waals surface area contributed by atoms with E-state index in [2.05, 4.69) is 9.88 Å². The first-order valence-corrected chi connectivity index (χ1v) is 9.20. The summed E-state index contributed by atoms with van der Waals surface area (Å²) in [6, 6.07) is 3.47. The van der Waals surface area contributed by atoms with Gasteiger partial charge < -0.3 is 14.1 Å². The number of ether oxygens (including phenoxy) is 1. The molecule has 0 atom stereocenters. The second-order valence-corrected chi connectivity index (χ2v) is 7.42. The SMILES string of the molecule is O=C(c1ccco1)N1CCOC2(CCN(Cc3nccs3)CC2)C1. The Morgan fingerprint density at radius 3 is 2.92 bits per heavy atom. The minimum atomic E-state index is -0.208. The van der Waals surface area contributed by atoms with E-state index in [1.54, 1.807) is 29.7 Å². The summed E-state index contributed by atoms with van der Waals surface area (Å²) in [4.78, 5) is 21.2. The zero-order chi connectivity index (χ0) is 16.4. The van der Waals surface area contributed by atoms with E-state index in [4.69, 9.17) is 9.15 Å². The second kappa shape index (κ2) is 6.66. The lowest BCUT2D eigenvalue weighted by Crippen LogP contribution is -2.57. The van der Waals surface area contributed by atoms with Gasteiger partial charge in [-0.3, -0.25) is 9.69 Å². The molecule has 0 aromatic carbocycles. The Morgan fingerprint density at radius 2 is 2.21 bits per heavy atom. The van der Waals surface area contributed by atoms with Crippen LogP contribution >= 0.6 is 11.3 Å². The molecule has 24 heavy (non-hydrogen) atoms. The van der Waals surface area contributed by atoms with Crippen molar-refractivity contribution in [2.45, 2.75) is 25.0 Å². The number of aromatic nitrogens is 1. The lowest BCUT2D eigenvalue weighted by atomic mass is 9.89. The van der Waals surface area contributed by atoms with E-state index >= 15 is 0 Å². The van der Waals surface area contributed by atoms with Crippen molar-refractivity contribution in [1.29, 1.82) is 0 Å². The summed E-state index contributed by atoms with van der Waals surface area (Å²) in [5.74, 6) is 0.376. The van der Waals surface area contributed by atoms with Crippen LogP contribution in [-0.2, 0) is 11.3 Å². The van der Waals surface area contributed by atoms with Gasteiger partial charge in [-0.1, -0.05) is 0 Å². The van der Waals surface area contributed by atoms with Crippen molar-refractivity contribution in [3.63, 3.8) is 0 Å². The number of furan rings is 1. The molecule has 0 radical (unpaired) electrons. The number of carbonyl (C=O) groups is 1. The van der Waals surface area contributed by atoms with Crippen LogP contribution in [0.1, 0.15) is 28.4 Å². The lowest BCUT2D eigenvalue weighted by molar-refractivity contribution is -0.128. The van der Waals surface area contributed by atoms with E-state index in [9.17, 15) is 4.79 Å². The second-order valence-electron chi connectivity index (χ2n) is 6.44. The largest absolute Gasteiger partial charge is 0.459 e. The number of thiazole rings is 1. The summed E-state index contributed by atoms with van der Waals surface area (Å²) in [6.45, 7) is 4.73. The van der Waals surface area contributed by atoms with Crippen LogP contribution in [0.15, 0.2) is 34.4 Å². The first-order valence-electron chi connectivity index (χ1n) is 8.32. The van der Waals surface area contributed by atoms with Crippen LogP contribution in [0.25, 0.3) is 0 Å². The van der Waals surface area contributed by atoms with Crippen molar-refractivity contribution in [1.82, 2.24) is 14.8 Å². The van der Waals surface area contributed by atoms with Crippen LogP contribution < -0.4 is 0 Å². The minimum Gasteiger partial charge on any atom is -0.459 e. The van der Waals surface area contributed by atoms with Gasteiger partial charge >= 0.3 is 0 Å². The molecule has 1 spiro atoms. The molecule has 0 N–H and O–H groups in total. The summed E-state index contributed by atoms with van der Waals surface area (Å²) in [5.41, 5.74) is -0.208. The molecule has 2 aromatic rings. The summed E-state index contributed by atoms with van der Waals surface area (Å²) in [5, 5.41) is 3.17. The van der Waals surface area contributed by atoms with Gasteiger partial charge in [-0.15, -0.1) is 11.3 Å². The van der Waals surface area contributed by atoms with Gasteiger partial charge in [0, 0.05) is 31.2 Å². The normalized spacial score (nSPS) is 21.2. The molecule has 2 fully saturated rings. The smallest absolute Gasteiger partial charge is 0.289 e. The number of hydrogen-bond acceptors (Lipinski definition) is 6. The van der Waals surface area contributed by atoms with E-state index in [1.165, 1.54) is 0 Å². The highest BCUT2D eigenvalue weighted by Gasteiger charge is 2.41. The molecule has 0 saturated carbocycles. The number of piperidine rings is 1. The third kappa shape index (κ3) is 3.24. The maximum absolute atomic E-state index is 12.5. The van der Waals surface area contributed by atoms with Crippen molar-refractivity contribution in [2.24, 2.45) is 0 Å². The Bertz CT molecular complexity index is 663. The standard InChI is InChI=1S/C17H21N3O3S/c21-16(14-2-1-9-22-14)20-8-10-23-17(13-20)3-6-19(7-4-17)12-15-18-5-11-24-15/h1-2,5,9,11H,3-4,6-8,10,12-13H2. The van der Waals surface area contributed by atoms with Gasteiger partial charge in [0.2, 0.25) is 0 Å². The summed E-state index contributed by atoms with van der Waals surface area (Å²) < 4.78 is 11.4. The Kier molecular flexibility index (Phi) is 4.39. The fraction of sp³-hybridized carbons (Fsp3) is 0.529. The fourth-order valence-corrected chi connectivity index (χ4v) is 4.18. The fourth-order valence-electron chi connectivity index (χ4n) is 3.52. The Labute approximate surface area is 145 Å². The third-order valence-electron chi connectivity index (χ3n) is 4.88. The Balaban J connectivity index is 1.36. The molecule has 7 heteroatoms. The van der Waals surface area contributed by atoms with Crippen LogP contribution in [0.4, 0.5) is 0 Å². The van der Waals surface area contributed by atoms with E-state index in [1.807, 2.05) is 16.5 Å². The van der Waals surface area contributed by atoms with Gasteiger partial charge in [-0.05, 0) is 25.0 Å². The van der Waals surface area contributed by atoms with E-state index in [-0.39, 0.29) is 11.5 Å². The zero-order valence-corrected chi connectivity index (χ0v) is 14.3. The highest BCUT2D eigenvalue weighted by molar-refractivity contribution is 7.09. The molecule has 2 aromatic heterocycles. The number of rotatable bonds is 3. The number of amides is 1. The highest BCUT2D eigenvalue weighted by atomic mass is 32.1. The topological polar surface area (TPSA) is 58.8 Å². The average molecular weight is 347 g/mol. The molecule has 6 nitrogen and oxygen atoms in total. The molecule has 2 saturated heterocycles. The molecular formula is C17H21N3O3S. The molecular weight excluding hydrogens is 326 g/mol. The van der Waals surface area contributed by atoms with E-state index < -0.39 is 0 Å². The predicted octanol–water partition coefficient (Wildman–Crippen LogP) is 2.24. The summed E-state index contributed by atoms with van der Waals surface area (Å²) >= 11 is 1.70. The molecule has 0 bridgehead atoms. The zero-order valence-electron chi connectivity index (χ0n) is 13.5. The van der Waals surface area contributed by atoms with Crippen LogP contribution in [-0.4, -0.2) is 59.1 Å². The number of carbonyl (C=O) groups excluding carboxylic acids is 1. The quantitative estimate of drug-likeness (QED) is 0.852. The van der Waals surface area contributed by atoms with Gasteiger partial charge in [0.05, 0.1) is 31.6 Å². The lowest BCUT2D eigenvalue weighted by Gasteiger charge is -2.47. The van der Waals surface area contributed by atoms with Crippen LogP contribution in [0.2, 0.25) is 0 Å². The minimum absolute atomic E-state index is 0.0344. The van der Waals surface area contributed by atoms with E-state index in [0.29, 0.717) is 25.5 Å². The molecule has 0 aliphatic carbocycles. The van der Waals surface area contributed by atoms with Gasteiger partial charge in [0.25, 0.3) is 5.91 Å². The molecule has 2 aliphatic heterocycles. The number of hydrogen-bond donors (Lipinski definition) is 0. The van der Waals surface area contributed by atoms with Crippen molar-refractivity contribution in [2.75, 3.05) is 32.8 Å². The molecule has 1 amide bonds. The maximum atomic E-state index is 12.5. The predicted molar refractivity (Wildman–Crippen MR) is 89.9 cm³/mol. The Morgan fingerprint density at radius 1 is 1.33 bits per heavy atom. The highest BCUT2D eigenvalue weighted by Crippen LogP contribution is 2.31. The van der Waals surface area contributed by atoms with Crippen LogP contribution in [0.3, 0.4) is 0 Å². The Hall–Kier alpha value is -1.70. The molecule has 128 valence electrons. The number of likely N-dealkylation sites (tertiary alicyclic amines) is 1. The van der Waals surface area contributed by atoms with E-state index in [0.717, 1.165) is 37.5 Å². The van der Waals surface area contributed by atoms with Crippen LogP contribution in [0, 0.1) is 0 Å². The van der Waals surface area contributed by atoms with Crippen molar-refractivity contribution < 1.29 is 13.9 Å². The van der Waals surface area contributed by atoms with Crippen molar-refractivity contribution in [3.05, 3.63) is 40.7 Å². The molecule has 4 rings (SSSR count). The molecule has 2 aliphatic rings.